The molecule has 2 aromatic carbocycles. The summed E-state index contributed by atoms with van der Waals surface area (Å²) in [5, 5.41) is 10.9. The first-order valence-corrected chi connectivity index (χ1v) is 16.8. The van der Waals surface area contributed by atoms with Crippen LogP contribution in [0.4, 0.5) is 5.69 Å². The molecule has 42 heavy (non-hydrogen) atoms. The van der Waals surface area contributed by atoms with Gasteiger partial charge in [-0.2, -0.15) is 0 Å². The number of aliphatic hydroxyl groups excluding tert-OH is 1. The number of hydrogen-bond donors (Lipinski definition) is 2. The van der Waals surface area contributed by atoms with Crippen LogP contribution in [0.2, 0.25) is 5.02 Å². The van der Waals surface area contributed by atoms with Gasteiger partial charge in [0, 0.05) is 36.2 Å². The molecule has 2 aliphatic heterocycles. The molecule has 2 aliphatic carbocycles. The van der Waals surface area contributed by atoms with E-state index in [1.54, 1.807) is 30.4 Å². The Bertz CT molecular complexity index is 1500. The Morgan fingerprint density at radius 3 is 2.79 bits per heavy atom. The first-order chi connectivity index (χ1) is 20.1. The number of benzene rings is 2. The lowest BCUT2D eigenvalue weighted by molar-refractivity contribution is 0.0452. The number of carbonyl (C=O) groups is 1. The molecule has 4 aliphatic rings. The highest BCUT2D eigenvalue weighted by Crippen LogP contribution is 2.46. The maximum Gasteiger partial charge on any atom is 0.264 e. The second-order valence-electron chi connectivity index (χ2n) is 12.4. The number of sulfonamides is 1. The number of methoxy groups -OCH3 is 1. The van der Waals surface area contributed by atoms with Crippen LogP contribution in [-0.4, -0.2) is 63.7 Å². The van der Waals surface area contributed by atoms with Gasteiger partial charge in [-0.05, 0) is 98.7 Å². The average molecular weight is 615 g/mol. The molecule has 1 amide bonds. The Labute approximate surface area is 253 Å². The van der Waals surface area contributed by atoms with E-state index in [9.17, 15) is 18.3 Å². The lowest BCUT2D eigenvalue weighted by Gasteiger charge is -2.45. The predicted molar refractivity (Wildman–Crippen MR) is 163 cm³/mol. The summed E-state index contributed by atoms with van der Waals surface area (Å²) in [7, 11) is -2.59. The lowest BCUT2D eigenvalue weighted by atomic mass is 9.68. The number of anilines is 1. The molecule has 2 heterocycles. The van der Waals surface area contributed by atoms with E-state index in [2.05, 4.69) is 21.8 Å². The van der Waals surface area contributed by atoms with Crippen molar-refractivity contribution < 1.29 is 27.8 Å². The average Bonchev–Trinajstić information content (AvgIpc) is 3.09. The molecule has 1 saturated carbocycles. The van der Waals surface area contributed by atoms with E-state index in [0.29, 0.717) is 31.9 Å². The zero-order valence-corrected chi connectivity index (χ0v) is 25.7. The molecule has 2 aromatic rings. The Morgan fingerprint density at radius 2 is 2.02 bits per heavy atom. The number of halogens is 1. The van der Waals surface area contributed by atoms with E-state index in [0.717, 1.165) is 42.8 Å². The van der Waals surface area contributed by atoms with Crippen LogP contribution in [0.15, 0.2) is 48.6 Å². The van der Waals surface area contributed by atoms with Crippen molar-refractivity contribution in [2.45, 2.75) is 68.3 Å². The van der Waals surface area contributed by atoms with Gasteiger partial charge >= 0.3 is 0 Å². The molecule has 10 heteroatoms. The number of ether oxygens (including phenoxy) is 2. The second-order valence-corrected chi connectivity index (χ2v) is 14.9. The monoisotopic (exact) mass is 614 g/mol. The summed E-state index contributed by atoms with van der Waals surface area (Å²) in [6.07, 6.45) is 7.41. The van der Waals surface area contributed by atoms with Crippen LogP contribution in [0.1, 0.15) is 60.5 Å². The molecular weight excluding hydrogens is 576 g/mol. The second kappa shape index (κ2) is 11.5. The van der Waals surface area contributed by atoms with Crippen LogP contribution in [0.5, 0.6) is 5.75 Å². The first kappa shape index (κ1) is 29.5. The number of carbonyl (C=O) groups excluding carboxylic acids is 1. The van der Waals surface area contributed by atoms with E-state index >= 15 is 0 Å². The summed E-state index contributed by atoms with van der Waals surface area (Å²) in [5.74, 6) is 0.320. The molecule has 0 radical (unpaired) electrons. The van der Waals surface area contributed by atoms with E-state index in [4.69, 9.17) is 21.1 Å². The fraction of sp³-hybridized carbons (Fsp3) is 0.531. The molecule has 6 atom stereocenters. The Kier molecular flexibility index (Phi) is 8.06. The van der Waals surface area contributed by atoms with Gasteiger partial charge < -0.3 is 19.5 Å². The van der Waals surface area contributed by atoms with Crippen LogP contribution in [0, 0.1) is 11.8 Å². The van der Waals surface area contributed by atoms with Gasteiger partial charge in [-0.1, -0.05) is 29.8 Å². The van der Waals surface area contributed by atoms with Crippen molar-refractivity contribution in [2.75, 3.05) is 31.7 Å². The molecule has 0 unspecified atom stereocenters. The lowest BCUT2D eigenvalue weighted by Crippen LogP contribution is -2.49. The van der Waals surface area contributed by atoms with Crippen molar-refractivity contribution >= 4 is 33.2 Å². The molecule has 226 valence electrons. The van der Waals surface area contributed by atoms with Gasteiger partial charge in [-0.15, -0.1) is 0 Å². The number of aliphatic hydroxyl groups is 1. The van der Waals surface area contributed by atoms with Crippen molar-refractivity contribution in [1.29, 1.82) is 0 Å². The van der Waals surface area contributed by atoms with Crippen molar-refractivity contribution in [3.05, 3.63) is 70.3 Å². The standard InChI is InChI=1S/C32H39ClN2O6S/c1-20-29(40-2)7-3-6-28(36)25-11-8-23(25)17-35-18-32(14-4-5-21-15-24(33)10-12-26(21)32)19-41-30-13-9-22(16-27(30)35)31(37)34-42(20,38)39/h3,6,9-10,12-13,15-16,20,23,25,28-29,36H,4-5,7-8,11,14,17-19H2,1-2H3,(H,34,37)/b6-3+/t20-,23+,25-,28+,29-,32+/m1/s1. The summed E-state index contributed by atoms with van der Waals surface area (Å²) in [5.41, 5.74) is 3.23. The fourth-order valence-electron chi connectivity index (χ4n) is 7.26. The molecule has 0 aromatic heterocycles. The number of nitrogens with one attached hydrogen (secondary N) is 1. The van der Waals surface area contributed by atoms with E-state index in [1.165, 1.54) is 25.2 Å². The topological polar surface area (TPSA) is 105 Å². The summed E-state index contributed by atoms with van der Waals surface area (Å²) in [6, 6.07) is 11.3. The molecule has 8 nitrogen and oxygen atoms in total. The van der Waals surface area contributed by atoms with Crippen LogP contribution in [0.3, 0.4) is 0 Å². The van der Waals surface area contributed by atoms with E-state index < -0.39 is 33.4 Å². The van der Waals surface area contributed by atoms with Crippen LogP contribution in [-0.2, 0) is 26.6 Å². The van der Waals surface area contributed by atoms with Crippen LogP contribution < -0.4 is 14.4 Å². The highest BCUT2D eigenvalue weighted by atomic mass is 35.5. The fourth-order valence-corrected chi connectivity index (χ4v) is 8.64. The third kappa shape index (κ3) is 5.45. The van der Waals surface area contributed by atoms with Gasteiger partial charge in [-0.25, -0.2) is 13.1 Å². The zero-order chi connectivity index (χ0) is 29.6. The Balaban J connectivity index is 1.42. The normalized spacial score (nSPS) is 33.3. The largest absolute Gasteiger partial charge is 0.490 e. The van der Waals surface area contributed by atoms with Gasteiger partial charge in [0.1, 0.15) is 11.0 Å². The minimum absolute atomic E-state index is 0.0869. The number of nitrogens with zero attached hydrogens (tertiary/aromatic N) is 1. The summed E-state index contributed by atoms with van der Waals surface area (Å²) in [6.45, 7) is 3.39. The molecule has 1 fully saturated rings. The van der Waals surface area contributed by atoms with Crippen molar-refractivity contribution in [3.8, 4) is 5.75 Å². The summed E-state index contributed by atoms with van der Waals surface area (Å²) >= 11 is 6.38. The third-order valence-electron chi connectivity index (χ3n) is 9.92. The number of hydrogen-bond acceptors (Lipinski definition) is 7. The van der Waals surface area contributed by atoms with Gasteiger partial charge in [0.15, 0.2) is 0 Å². The quantitative estimate of drug-likeness (QED) is 0.452. The summed E-state index contributed by atoms with van der Waals surface area (Å²) in [4.78, 5) is 15.7. The molecule has 0 saturated heterocycles. The van der Waals surface area contributed by atoms with Gasteiger partial charge in [0.05, 0.1) is 24.5 Å². The maximum atomic E-state index is 13.3. The molecule has 2 N–H and O–H groups in total. The number of amides is 1. The number of rotatable bonds is 1. The van der Waals surface area contributed by atoms with Gasteiger partial charge in [0.2, 0.25) is 10.0 Å². The zero-order valence-electron chi connectivity index (χ0n) is 24.1. The van der Waals surface area contributed by atoms with E-state index in [1.807, 2.05) is 6.07 Å². The minimum Gasteiger partial charge on any atom is -0.490 e. The smallest absolute Gasteiger partial charge is 0.264 e. The highest BCUT2D eigenvalue weighted by Gasteiger charge is 2.44. The highest BCUT2D eigenvalue weighted by molar-refractivity contribution is 7.90. The molecule has 1 spiro atoms. The predicted octanol–water partition coefficient (Wildman–Crippen LogP) is 4.62. The van der Waals surface area contributed by atoms with Gasteiger partial charge in [-0.3, -0.25) is 4.79 Å². The molecule has 2 bridgehead atoms. The van der Waals surface area contributed by atoms with Crippen LogP contribution >= 0.6 is 11.6 Å². The van der Waals surface area contributed by atoms with Gasteiger partial charge in [0.25, 0.3) is 5.91 Å². The van der Waals surface area contributed by atoms with Crippen molar-refractivity contribution in [3.63, 3.8) is 0 Å². The SMILES string of the molecule is CO[C@@H]1C/C=C/[C@H](O)[C@@H]2CC[C@H]2CN2C[C@@]3(CCCc4cc(Cl)ccc43)COc3ccc(cc32)C(=O)NS(=O)(=O)[C@@H]1C. The first-order valence-electron chi connectivity index (χ1n) is 14.8. The number of fused-ring (bicyclic) bond motifs is 4. The molecule has 6 rings (SSSR count). The maximum absolute atomic E-state index is 13.3. The minimum atomic E-state index is -4.05. The third-order valence-corrected chi connectivity index (χ3v) is 11.9. The van der Waals surface area contributed by atoms with Crippen molar-refractivity contribution in [1.82, 2.24) is 4.72 Å². The van der Waals surface area contributed by atoms with Crippen molar-refractivity contribution in [2.24, 2.45) is 11.8 Å². The number of aryl methyl sites for hydroxylation is 1. The summed E-state index contributed by atoms with van der Waals surface area (Å²) < 4.78 is 40.7. The Morgan fingerprint density at radius 1 is 1.19 bits per heavy atom. The van der Waals surface area contributed by atoms with Crippen LogP contribution in [0.25, 0.3) is 0 Å². The molecular formula is C32H39ClN2O6S. The Hall–Kier alpha value is -2.59. The van der Waals surface area contributed by atoms with E-state index in [-0.39, 0.29) is 22.8 Å².